The largest absolute Gasteiger partial charge is 0.444 e. The van der Waals surface area contributed by atoms with Crippen LogP contribution in [0.25, 0.3) is 0 Å². The smallest absolute Gasteiger partial charge is 0.410 e. The zero-order valence-corrected chi connectivity index (χ0v) is 15.9. The van der Waals surface area contributed by atoms with Crippen molar-refractivity contribution in [2.75, 3.05) is 26.8 Å². The molecule has 9 heteroatoms. The number of amides is 2. The Labute approximate surface area is 153 Å². The third kappa shape index (κ3) is 3.82. The number of hydrogen-bond donors (Lipinski definition) is 0. The number of nitrogens with zero attached hydrogens (tertiary/aromatic N) is 5. The first-order chi connectivity index (χ1) is 12.3. The van der Waals surface area contributed by atoms with E-state index in [2.05, 4.69) is 10.2 Å². The number of likely N-dealkylation sites (tertiary alicyclic amines) is 1. The van der Waals surface area contributed by atoms with E-state index in [0.717, 1.165) is 24.5 Å². The molecule has 0 unspecified atom stereocenters. The Kier molecular flexibility index (Phi) is 5.17. The van der Waals surface area contributed by atoms with E-state index in [0.29, 0.717) is 26.2 Å². The summed E-state index contributed by atoms with van der Waals surface area (Å²) in [7, 11) is 1.52. The summed E-state index contributed by atoms with van der Waals surface area (Å²) in [5.74, 6) is 1.49. The minimum absolute atomic E-state index is 0.0291. The highest BCUT2D eigenvalue weighted by atomic mass is 16.6. The summed E-state index contributed by atoms with van der Waals surface area (Å²) in [6.07, 6.45) is 1.46. The molecule has 2 aliphatic rings. The van der Waals surface area contributed by atoms with Gasteiger partial charge in [-0.1, -0.05) is 0 Å². The first-order valence-electron chi connectivity index (χ1n) is 8.98. The van der Waals surface area contributed by atoms with Crippen LogP contribution in [0.2, 0.25) is 0 Å². The third-order valence-corrected chi connectivity index (χ3v) is 4.57. The molecule has 3 heterocycles. The van der Waals surface area contributed by atoms with E-state index in [4.69, 9.17) is 9.47 Å². The average Bonchev–Trinajstić information content (AvgIpc) is 3.19. The molecule has 0 radical (unpaired) electrons. The molecule has 0 aromatic carbocycles. The summed E-state index contributed by atoms with van der Waals surface area (Å²) in [5, 5.41) is 8.60. The minimum Gasteiger partial charge on any atom is -0.444 e. The zero-order chi connectivity index (χ0) is 18.9. The van der Waals surface area contributed by atoms with Gasteiger partial charge >= 0.3 is 6.09 Å². The van der Waals surface area contributed by atoms with Crippen molar-refractivity contribution in [1.29, 1.82) is 0 Å². The second-order valence-electron chi connectivity index (χ2n) is 7.71. The summed E-state index contributed by atoms with van der Waals surface area (Å²) >= 11 is 0. The maximum Gasteiger partial charge on any atom is 0.410 e. The first kappa shape index (κ1) is 18.6. The monoisotopic (exact) mass is 365 g/mol. The molecule has 1 saturated heterocycles. The van der Waals surface area contributed by atoms with Gasteiger partial charge in [0, 0.05) is 26.7 Å². The fourth-order valence-corrected chi connectivity index (χ4v) is 3.45. The van der Waals surface area contributed by atoms with Crippen LogP contribution in [-0.2, 0) is 27.4 Å². The molecule has 2 amide bonds. The van der Waals surface area contributed by atoms with Gasteiger partial charge < -0.3 is 18.9 Å². The molecule has 0 spiro atoms. The molecular formula is C17H27N5O4. The molecule has 1 aromatic heterocycles. The SMILES string of the molecule is COCC(=O)N1CCC[C@@H]1c1nnc2n1CCN(C(=O)OC(C)(C)C)C2. The summed E-state index contributed by atoms with van der Waals surface area (Å²) in [6, 6.07) is -0.0769. The number of carbonyl (C=O) groups excluding carboxylic acids is 2. The summed E-state index contributed by atoms with van der Waals surface area (Å²) in [6.45, 7) is 7.82. The molecule has 0 saturated carbocycles. The second-order valence-corrected chi connectivity index (χ2v) is 7.71. The fraction of sp³-hybridized carbons (Fsp3) is 0.765. The number of carbonyl (C=O) groups is 2. The lowest BCUT2D eigenvalue weighted by Gasteiger charge is -2.31. The molecule has 144 valence electrons. The van der Waals surface area contributed by atoms with E-state index in [1.165, 1.54) is 7.11 Å². The van der Waals surface area contributed by atoms with Crippen LogP contribution in [0.4, 0.5) is 4.79 Å². The standard InChI is InChI=1S/C17H27N5O4/c1-17(2,3)26-16(24)20-8-9-22-13(10-20)18-19-15(22)12-6-5-7-21(12)14(23)11-25-4/h12H,5-11H2,1-4H3/t12-/m1/s1. The molecule has 1 aromatic rings. The van der Waals surface area contributed by atoms with Crippen LogP contribution in [0.15, 0.2) is 0 Å². The van der Waals surface area contributed by atoms with Crippen LogP contribution in [0.1, 0.15) is 51.3 Å². The van der Waals surface area contributed by atoms with E-state index < -0.39 is 5.60 Å². The summed E-state index contributed by atoms with van der Waals surface area (Å²) in [5.41, 5.74) is -0.528. The highest BCUT2D eigenvalue weighted by molar-refractivity contribution is 5.78. The van der Waals surface area contributed by atoms with Gasteiger partial charge in [-0.2, -0.15) is 0 Å². The normalized spacial score (nSPS) is 20.2. The Hall–Kier alpha value is -2.16. The topological polar surface area (TPSA) is 89.8 Å². The molecule has 9 nitrogen and oxygen atoms in total. The zero-order valence-electron chi connectivity index (χ0n) is 15.9. The maximum atomic E-state index is 12.3. The minimum atomic E-state index is -0.528. The van der Waals surface area contributed by atoms with Gasteiger partial charge in [-0.05, 0) is 33.6 Å². The Balaban J connectivity index is 1.73. The number of hydrogen-bond acceptors (Lipinski definition) is 6. The van der Waals surface area contributed by atoms with Crippen molar-refractivity contribution in [3.8, 4) is 0 Å². The Morgan fingerprint density at radius 2 is 1.96 bits per heavy atom. The molecule has 0 bridgehead atoms. The Morgan fingerprint density at radius 3 is 2.65 bits per heavy atom. The summed E-state index contributed by atoms with van der Waals surface area (Å²) in [4.78, 5) is 28.0. The van der Waals surface area contributed by atoms with E-state index in [-0.39, 0.29) is 24.6 Å². The number of fused-ring (bicyclic) bond motifs is 1. The predicted octanol–water partition coefficient (Wildman–Crippen LogP) is 1.34. The number of aromatic nitrogens is 3. The molecule has 3 rings (SSSR count). The molecular weight excluding hydrogens is 338 g/mol. The summed E-state index contributed by atoms with van der Waals surface area (Å²) < 4.78 is 12.5. The molecule has 1 atom stereocenters. The van der Waals surface area contributed by atoms with Crippen LogP contribution >= 0.6 is 0 Å². The van der Waals surface area contributed by atoms with Gasteiger partial charge in [0.05, 0.1) is 12.6 Å². The van der Waals surface area contributed by atoms with Gasteiger partial charge in [0.15, 0.2) is 11.6 Å². The number of ether oxygens (including phenoxy) is 2. The fourth-order valence-electron chi connectivity index (χ4n) is 3.45. The van der Waals surface area contributed by atoms with Crippen molar-refractivity contribution in [2.45, 2.75) is 58.3 Å². The molecule has 0 N–H and O–H groups in total. The van der Waals surface area contributed by atoms with Gasteiger partial charge in [0.25, 0.3) is 0 Å². The maximum absolute atomic E-state index is 12.3. The lowest BCUT2D eigenvalue weighted by molar-refractivity contribution is -0.136. The van der Waals surface area contributed by atoms with Crippen molar-refractivity contribution in [3.63, 3.8) is 0 Å². The highest BCUT2D eigenvalue weighted by Gasteiger charge is 2.36. The van der Waals surface area contributed by atoms with Crippen LogP contribution < -0.4 is 0 Å². The van der Waals surface area contributed by atoms with Gasteiger partial charge in [-0.25, -0.2) is 4.79 Å². The van der Waals surface area contributed by atoms with Gasteiger partial charge in [-0.15, -0.1) is 10.2 Å². The van der Waals surface area contributed by atoms with Crippen molar-refractivity contribution >= 4 is 12.0 Å². The van der Waals surface area contributed by atoms with E-state index in [1.54, 1.807) is 4.90 Å². The lowest BCUT2D eigenvalue weighted by Crippen LogP contribution is -2.42. The quantitative estimate of drug-likeness (QED) is 0.803. The van der Waals surface area contributed by atoms with Crippen LogP contribution in [0, 0.1) is 0 Å². The van der Waals surface area contributed by atoms with Crippen molar-refractivity contribution in [1.82, 2.24) is 24.6 Å². The van der Waals surface area contributed by atoms with E-state index in [1.807, 2.05) is 30.2 Å². The molecule has 1 fully saturated rings. The lowest BCUT2D eigenvalue weighted by atomic mass is 10.2. The Bertz CT molecular complexity index is 681. The predicted molar refractivity (Wildman–Crippen MR) is 92.2 cm³/mol. The number of methoxy groups -OCH3 is 1. The van der Waals surface area contributed by atoms with E-state index >= 15 is 0 Å². The third-order valence-electron chi connectivity index (χ3n) is 4.57. The van der Waals surface area contributed by atoms with Gasteiger partial charge in [0.1, 0.15) is 12.2 Å². The van der Waals surface area contributed by atoms with Crippen LogP contribution in [0.5, 0.6) is 0 Å². The average molecular weight is 365 g/mol. The van der Waals surface area contributed by atoms with Crippen molar-refractivity contribution < 1.29 is 19.1 Å². The van der Waals surface area contributed by atoms with Gasteiger partial charge in [0.2, 0.25) is 5.91 Å². The molecule has 2 aliphatic heterocycles. The van der Waals surface area contributed by atoms with Gasteiger partial charge in [-0.3, -0.25) is 9.69 Å². The van der Waals surface area contributed by atoms with Crippen LogP contribution in [-0.4, -0.2) is 69.0 Å². The molecule has 26 heavy (non-hydrogen) atoms. The van der Waals surface area contributed by atoms with Crippen LogP contribution in [0.3, 0.4) is 0 Å². The second kappa shape index (κ2) is 7.22. The van der Waals surface area contributed by atoms with E-state index in [9.17, 15) is 9.59 Å². The van der Waals surface area contributed by atoms with Crippen molar-refractivity contribution in [2.24, 2.45) is 0 Å². The number of rotatable bonds is 3. The molecule has 0 aliphatic carbocycles. The highest BCUT2D eigenvalue weighted by Crippen LogP contribution is 2.32. The van der Waals surface area contributed by atoms with Crippen molar-refractivity contribution in [3.05, 3.63) is 11.6 Å². The Morgan fingerprint density at radius 1 is 1.19 bits per heavy atom. The first-order valence-corrected chi connectivity index (χ1v) is 8.98.